The Bertz CT molecular complexity index is 482. The Balaban J connectivity index is 1.47. The van der Waals surface area contributed by atoms with Gasteiger partial charge in [-0.3, -0.25) is 0 Å². The molecule has 0 N–H and O–H groups in total. The fraction of sp³-hybridized carbons (Fsp3) is 0.538. The lowest BCUT2D eigenvalue weighted by Crippen LogP contribution is -2.48. The maximum Gasteiger partial charge on any atom is 0.231 e. The molecular weight excluding hydrogens is 250 g/mol. The summed E-state index contributed by atoms with van der Waals surface area (Å²) < 4.78 is 27.5. The van der Waals surface area contributed by atoms with Gasteiger partial charge in [0.25, 0.3) is 0 Å². The van der Waals surface area contributed by atoms with Crippen LogP contribution in [0, 0.1) is 0 Å². The van der Waals surface area contributed by atoms with Gasteiger partial charge in [0, 0.05) is 6.07 Å². The van der Waals surface area contributed by atoms with Crippen molar-refractivity contribution in [2.45, 2.75) is 5.54 Å². The van der Waals surface area contributed by atoms with Gasteiger partial charge in [-0.25, -0.2) is 4.90 Å². The summed E-state index contributed by atoms with van der Waals surface area (Å²) >= 11 is 0. The van der Waals surface area contributed by atoms with Gasteiger partial charge < -0.3 is 23.7 Å². The molecule has 102 valence electrons. The summed E-state index contributed by atoms with van der Waals surface area (Å²) in [5.41, 5.74) is -0.142. The molecule has 6 nitrogen and oxygen atoms in total. The van der Waals surface area contributed by atoms with E-state index in [1.165, 1.54) is 0 Å². The zero-order chi connectivity index (χ0) is 12.7. The number of nitrogens with zero attached hydrogens (tertiary/aromatic N) is 1. The summed E-state index contributed by atoms with van der Waals surface area (Å²) in [5, 5.41) is 0. The fourth-order valence-electron chi connectivity index (χ4n) is 2.59. The quantitative estimate of drug-likeness (QED) is 0.806. The summed E-state index contributed by atoms with van der Waals surface area (Å²) in [6.45, 7) is 3.36. The lowest BCUT2D eigenvalue weighted by atomic mass is 10.0. The number of benzene rings is 1. The number of ether oxygens (including phenoxy) is 5. The van der Waals surface area contributed by atoms with E-state index in [4.69, 9.17) is 23.7 Å². The van der Waals surface area contributed by atoms with Gasteiger partial charge >= 0.3 is 0 Å². The van der Waals surface area contributed by atoms with Crippen molar-refractivity contribution < 1.29 is 23.7 Å². The first-order chi connectivity index (χ1) is 9.36. The normalized spacial score (nSPS) is 23.6. The molecule has 0 aromatic heterocycles. The Morgan fingerprint density at radius 1 is 1.11 bits per heavy atom. The molecule has 0 unspecified atom stereocenters. The van der Waals surface area contributed by atoms with E-state index in [0.717, 1.165) is 17.2 Å². The van der Waals surface area contributed by atoms with E-state index in [0.29, 0.717) is 33.3 Å². The Kier molecular flexibility index (Phi) is 2.54. The smallest absolute Gasteiger partial charge is 0.231 e. The second-order valence-electron chi connectivity index (χ2n) is 5.02. The van der Waals surface area contributed by atoms with Crippen molar-refractivity contribution in [2.75, 3.05) is 40.1 Å². The molecule has 0 bridgehead atoms. The molecule has 0 spiro atoms. The average molecular weight is 265 g/mol. The molecule has 6 heteroatoms. The van der Waals surface area contributed by atoms with E-state index in [2.05, 4.69) is 4.90 Å². The van der Waals surface area contributed by atoms with Crippen LogP contribution in [0.3, 0.4) is 0 Å². The van der Waals surface area contributed by atoms with Gasteiger partial charge in [0.1, 0.15) is 31.4 Å². The van der Waals surface area contributed by atoms with Gasteiger partial charge in [-0.1, -0.05) is 0 Å². The summed E-state index contributed by atoms with van der Waals surface area (Å²) in [7, 11) is 0. The predicted octanol–water partition coefficient (Wildman–Crippen LogP) is 0.810. The van der Waals surface area contributed by atoms with Crippen LogP contribution < -0.4 is 14.2 Å². The monoisotopic (exact) mass is 265 g/mol. The van der Waals surface area contributed by atoms with E-state index in [9.17, 15) is 0 Å². The molecule has 3 aliphatic heterocycles. The number of fused-ring (bicyclic) bond motifs is 2. The minimum atomic E-state index is -0.142. The summed E-state index contributed by atoms with van der Waals surface area (Å²) in [6, 6.07) is 5.61. The topological polar surface area (TPSA) is 49.4 Å². The van der Waals surface area contributed by atoms with Crippen molar-refractivity contribution in [1.29, 1.82) is 0 Å². The van der Waals surface area contributed by atoms with Gasteiger partial charge in [-0.05, 0) is 12.1 Å². The lowest BCUT2D eigenvalue weighted by molar-refractivity contribution is 0.0694. The van der Waals surface area contributed by atoms with Gasteiger partial charge in [0.2, 0.25) is 6.79 Å². The molecule has 3 heterocycles. The van der Waals surface area contributed by atoms with Crippen LogP contribution >= 0.6 is 0 Å². The Morgan fingerprint density at radius 3 is 2.74 bits per heavy atom. The van der Waals surface area contributed by atoms with Crippen molar-refractivity contribution in [1.82, 2.24) is 4.90 Å². The zero-order valence-corrected chi connectivity index (χ0v) is 10.5. The van der Waals surface area contributed by atoms with E-state index in [1.807, 2.05) is 18.2 Å². The molecule has 4 rings (SSSR count). The highest BCUT2D eigenvalue weighted by Crippen LogP contribution is 2.36. The van der Waals surface area contributed by atoms with E-state index >= 15 is 0 Å². The van der Waals surface area contributed by atoms with Crippen LogP contribution in [0.5, 0.6) is 17.2 Å². The lowest BCUT2D eigenvalue weighted by Gasteiger charge is -2.27. The molecule has 1 aromatic rings. The van der Waals surface area contributed by atoms with Crippen molar-refractivity contribution in [3.8, 4) is 17.2 Å². The first-order valence-corrected chi connectivity index (χ1v) is 6.29. The van der Waals surface area contributed by atoms with Crippen LogP contribution in [0.4, 0.5) is 0 Å². The van der Waals surface area contributed by atoms with Gasteiger partial charge in [0.15, 0.2) is 11.5 Å². The second kappa shape index (κ2) is 4.26. The molecule has 1 aromatic carbocycles. The maximum absolute atomic E-state index is 5.88. The highest BCUT2D eigenvalue weighted by molar-refractivity contribution is 5.46. The third-order valence-corrected chi connectivity index (χ3v) is 3.76. The molecule has 0 saturated carbocycles. The van der Waals surface area contributed by atoms with E-state index in [1.54, 1.807) is 0 Å². The number of hydrogen-bond acceptors (Lipinski definition) is 6. The van der Waals surface area contributed by atoms with Gasteiger partial charge in [-0.15, -0.1) is 0 Å². The standard InChI is InChI=1S/C13H15NO5/c1-2-11-12(19-9-18-11)3-10(1)17-6-13-4-15-7-14(13)8-16-5-13/h1-3H,4-9H2. The summed E-state index contributed by atoms with van der Waals surface area (Å²) in [6.07, 6.45) is 0. The first kappa shape index (κ1) is 11.3. The SMILES string of the molecule is c1cc2c(cc1OCC13COCN1COC3)OCO2. The molecule has 0 radical (unpaired) electrons. The summed E-state index contributed by atoms with van der Waals surface area (Å²) in [4.78, 5) is 2.17. The molecule has 2 saturated heterocycles. The van der Waals surface area contributed by atoms with E-state index < -0.39 is 0 Å². The third kappa shape index (κ3) is 1.83. The fourth-order valence-corrected chi connectivity index (χ4v) is 2.59. The Morgan fingerprint density at radius 2 is 1.89 bits per heavy atom. The zero-order valence-electron chi connectivity index (χ0n) is 10.5. The number of hydrogen-bond donors (Lipinski definition) is 0. The molecule has 2 fully saturated rings. The molecule has 19 heavy (non-hydrogen) atoms. The van der Waals surface area contributed by atoms with Crippen LogP contribution in [0.25, 0.3) is 0 Å². The first-order valence-electron chi connectivity index (χ1n) is 6.29. The highest BCUT2D eigenvalue weighted by Gasteiger charge is 2.47. The Labute approximate surface area is 110 Å². The van der Waals surface area contributed by atoms with Gasteiger partial charge in [0.05, 0.1) is 13.2 Å². The van der Waals surface area contributed by atoms with E-state index in [-0.39, 0.29) is 12.3 Å². The van der Waals surface area contributed by atoms with Crippen LogP contribution in [0.15, 0.2) is 18.2 Å². The Hall–Kier alpha value is -1.50. The van der Waals surface area contributed by atoms with Crippen molar-refractivity contribution >= 4 is 0 Å². The molecule has 0 amide bonds. The third-order valence-electron chi connectivity index (χ3n) is 3.76. The van der Waals surface area contributed by atoms with Crippen LogP contribution in [-0.2, 0) is 9.47 Å². The van der Waals surface area contributed by atoms with Crippen LogP contribution in [0.1, 0.15) is 0 Å². The largest absolute Gasteiger partial charge is 0.491 e. The number of rotatable bonds is 3. The average Bonchev–Trinajstić information content (AvgIpc) is 3.10. The minimum absolute atomic E-state index is 0.142. The maximum atomic E-state index is 5.88. The van der Waals surface area contributed by atoms with Crippen molar-refractivity contribution in [3.05, 3.63) is 18.2 Å². The molecule has 3 aliphatic rings. The van der Waals surface area contributed by atoms with Crippen molar-refractivity contribution in [3.63, 3.8) is 0 Å². The second-order valence-corrected chi connectivity index (χ2v) is 5.02. The van der Waals surface area contributed by atoms with Crippen molar-refractivity contribution in [2.24, 2.45) is 0 Å². The predicted molar refractivity (Wildman–Crippen MR) is 64.3 cm³/mol. The minimum Gasteiger partial charge on any atom is -0.491 e. The van der Waals surface area contributed by atoms with Crippen LogP contribution in [0.2, 0.25) is 0 Å². The molecule has 0 atom stereocenters. The van der Waals surface area contributed by atoms with Crippen LogP contribution in [-0.4, -0.2) is 50.5 Å². The molecule has 0 aliphatic carbocycles. The van der Waals surface area contributed by atoms with Gasteiger partial charge in [-0.2, -0.15) is 0 Å². The highest BCUT2D eigenvalue weighted by atomic mass is 16.7. The summed E-state index contributed by atoms with van der Waals surface area (Å²) in [5.74, 6) is 2.27. The molecular formula is C13H15NO5.